The highest BCUT2D eigenvalue weighted by atomic mass is 14.9. The lowest BCUT2D eigenvalue weighted by atomic mass is 9.59. The second-order valence-electron chi connectivity index (χ2n) is 4.91. The van der Waals surface area contributed by atoms with Gasteiger partial charge in [0, 0.05) is 6.04 Å². The van der Waals surface area contributed by atoms with Crippen molar-refractivity contribution in [1.82, 2.24) is 5.32 Å². The lowest BCUT2D eigenvalue weighted by Crippen LogP contribution is -2.56. The monoisotopic (exact) mass is 181 g/mol. The van der Waals surface area contributed by atoms with Crippen LogP contribution < -0.4 is 5.32 Å². The Balaban J connectivity index is 1.93. The molecule has 2 aliphatic rings. The molecule has 0 aliphatic heterocycles. The molecule has 0 aromatic heterocycles. The molecule has 4 atom stereocenters. The van der Waals surface area contributed by atoms with Crippen molar-refractivity contribution < 1.29 is 0 Å². The molecule has 0 heterocycles. The van der Waals surface area contributed by atoms with Crippen LogP contribution in [0.1, 0.15) is 46.0 Å². The van der Waals surface area contributed by atoms with Crippen LogP contribution in [0.3, 0.4) is 0 Å². The van der Waals surface area contributed by atoms with E-state index in [-0.39, 0.29) is 0 Å². The molecule has 4 unspecified atom stereocenters. The minimum atomic E-state index is 0.855. The van der Waals surface area contributed by atoms with Crippen LogP contribution in [0.25, 0.3) is 0 Å². The van der Waals surface area contributed by atoms with Crippen molar-refractivity contribution in [3.8, 4) is 0 Å². The predicted molar refractivity (Wildman–Crippen MR) is 56.7 cm³/mol. The molecule has 0 radical (unpaired) electrons. The van der Waals surface area contributed by atoms with Gasteiger partial charge in [-0.2, -0.15) is 0 Å². The van der Waals surface area contributed by atoms with Crippen molar-refractivity contribution in [1.29, 1.82) is 0 Å². The zero-order valence-corrected chi connectivity index (χ0v) is 9.05. The van der Waals surface area contributed by atoms with Gasteiger partial charge in [0.1, 0.15) is 0 Å². The third kappa shape index (κ3) is 1.63. The summed E-state index contributed by atoms with van der Waals surface area (Å²) in [5.74, 6) is 3.03. The van der Waals surface area contributed by atoms with E-state index in [0.29, 0.717) is 0 Å². The molecular formula is C12H23N. The van der Waals surface area contributed by atoms with Gasteiger partial charge in [0.05, 0.1) is 0 Å². The Kier molecular flexibility index (Phi) is 2.92. The SMILES string of the molecule is CCNC1C(C)C2CCCCCC21. The topological polar surface area (TPSA) is 12.0 Å². The standard InChI is InChI=1S/C12H23N/c1-3-13-12-9(2)10-7-5-4-6-8-11(10)12/h9-13H,3-8H2,1-2H3. The van der Waals surface area contributed by atoms with Gasteiger partial charge in [0.2, 0.25) is 0 Å². The molecule has 0 aromatic carbocycles. The van der Waals surface area contributed by atoms with Crippen LogP contribution in [0.2, 0.25) is 0 Å². The number of fused-ring (bicyclic) bond motifs is 1. The summed E-state index contributed by atoms with van der Waals surface area (Å²) in [6.45, 7) is 5.83. The molecule has 1 heteroatoms. The highest BCUT2D eigenvalue weighted by Gasteiger charge is 2.46. The Hall–Kier alpha value is -0.0400. The van der Waals surface area contributed by atoms with Gasteiger partial charge in [-0.05, 0) is 37.1 Å². The zero-order valence-electron chi connectivity index (χ0n) is 9.05. The maximum absolute atomic E-state index is 3.66. The van der Waals surface area contributed by atoms with E-state index in [4.69, 9.17) is 0 Å². The van der Waals surface area contributed by atoms with Gasteiger partial charge in [0.25, 0.3) is 0 Å². The van der Waals surface area contributed by atoms with Gasteiger partial charge in [-0.15, -0.1) is 0 Å². The van der Waals surface area contributed by atoms with Crippen molar-refractivity contribution in [2.45, 2.75) is 52.0 Å². The number of rotatable bonds is 2. The van der Waals surface area contributed by atoms with Crippen LogP contribution in [0, 0.1) is 17.8 Å². The maximum atomic E-state index is 3.66. The Morgan fingerprint density at radius 3 is 2.46 bits per heavy atom. The minimum absolute atomic E-state index is 0.855. The quantitative estimate of drug-likeness (QED) is 0.690. The fraction of sp³-hybridized carbons (Fsp3) is 1.00. The lowest BCUT2D eigenvalue weighted by molar-refractivity contribution is 0.0202. The smallest absolute Gasteiger partial charge is 0.0126 e. The summed E-state index contributed by atoms with van der Waals surface area (Å²) in [5.41, 5.74) is 0. The number of hydrogen-bond acceptors (Lipinski definition) is 1. The second-order valence-corrected chi connectivity index (χ2v) is 4.91. The number of nitrogens with one attached hydrogen (secondary N) is 1. The van der Waals surface area contributed by atoms with Crippen LogP contribution in [0.15, 0.2) is 0 Å². The van der Waals surface area contributed by atoms with Crippen molar-refractivity contribution in [2.75, 3.05) is 6.54 Å². The Bertz CT molecular complexity index is 167. The van der Waals surface area contributed by atoms with Crippen LogP contribution in [0.4, 0.5) is 0 Å². The summed E-state index contributed by atoms with van der Waals surface area (Å²) in [6, 6.07) is 0.855. The first-order chi connectivity index (χ1) is 6.34. The molecule has 0 amide bonds. The predicted octanol–water partition coefficient (Wildman–Crippen LogP) is 2.81. The Labute approximate surface area is 82.3 Å². The number of hydrogen-bond donors (Lipinski definition) is 1. The van der Waals surface area contributed by atoms with Crippen molar-refractivity contribution in [3.63, 3.8) is 0 Å². The van der Waals surface area contributed by atoms with E-state index in [1.165, 1.54) is 32.1 Å². The molecule has 2 rings (SSSR count). The molecule has 13 heavy (non-hydrogen) atoms. The minimum Gasteiger partial charge on any atom is -0.314 e. The normalized spacial score (nSPS) is 44.8. The van der Waals surface area contributed by atoms with Crippen molar-refractivity contribution >= 4 is 0 Å². The molecule has 2 fully saturated rings. The molecule has 2 aliphatic carbocycles. The summed E-state index contributed by atoms with van der Waals surface area (Å²) >= 11 is 0. The first kappa shape index (κ1) is 9.51. The zero-order chi connectivity index (χ0) is 9.26. The fourth-order valence-electron chi connectivity index (χ4n) is 3.55. The second kappa shape index (κ2) is 4.00. The molecule has 1 nitrogen and oxygen atoms in total. The van der Waals surface area contributed by atoms with E-state index in [9.17, 15) is 0 Å². The molecule has 0 saturated heterocycles. The summed E-state index contributed by atoms with van der Waals surface area (Å²) in [5, 5.41) is 3.66. The van der Waals surface area contributed by atoms with Gasteiger partial charge in [-0.25, -0.2) is 0 Å². The van der Waals surface area contributed by atoms with E-state index >= 15 is 0 Å². The lowest BCUT2D eigenvalue weighted by Gasteiger charge is -2.51. The van der Waals surface area contributed by atoms with E-state index in [1.54, 1.807) is 0 Å². The molecule has 0 spiro atoms. The van der Waals surface area contributed by atoms with Crippen LogP contribution in [-0.4, -0.2) is 12.6 Å². The average Bonchev–Trinajstić information content (AvgIpc) is 2.36. The van der Waals surface area contributed by atoms with Gasteiger partial charge >= 0.3 is 0 Å². The third-order valence-corrected chi connectivity index (χ3v) is 4.27. The molecule has 0 bridgehead atoms. The van der Waals surface area contributed by atoms with E-state index in [1.807, 2.05) is 0 Å². The molecule has 76 valence electrons. The van der Waals surface area contributed by atoms with Gasteiger partial charge in [-0.1, -0.05) is 33.1 Å². The Morgan fingerprint density at radius 1 is 1.08 bits per heavy atom. The van der Waals surface area contributed by atoms with Crippen molar-refractivity contribution in [2.24, 2.45) is 17.8 Å². The summed E-state index contributed by atoms with van der Waals surface area (Å²) in [6.07, 6.45) is 7.46. The van der Waals surface area contributed by atoms with Gasteiger partial charge in [0.15, 0.2) is 0 Å². The van der Waals surface area contributed by atoms with Crippen LogP contribution in [0.5, 0.6) is 0 Å². The molecule has 1 N–H and O–H groups in total. The van der Waals surface area contributed by atoms with E-state index < -0.39 is 0 Å². The van der Waals surface area contributed by atoms with Gasteiger partial charge < -0.3 is 5.32 Å². The Morgan fingerprint density at radius 2 is 1.77 bits per heavy atom. The van der Waals surface area contributed by atoms with Crippen LogP contribution >= 0.6 is 0 Å². The first-order valence-electron chi connectivity index (χ1n) is 6.08. The molecular weight excluding hydrogens is 158 g/mol. The van der Waals surface area contributed by atoms with Crippen molar-refractivity contribution in [3.05, 3.63) is 0 Å². The van der Waals surface area contributed by atoms with E-state index in [0.717, 1.165) is 30.3 Å². The fourth-order valence-corrected chi connectivity index (χ4v) is 3.55. The van der Waals surface area contributed by atoms with E-state index in [2.05, 4.69) is 19.2 Å². The highest BCUT2D eigenvalue weighted by Crippen LogP contribution is 2.47. The third-order valence-electron chi connectivity index (χ3n) is 4.27. The summed E-state index contributed by atoms with van der Waals surface area (Å²) in [4.78, 5) is 0. The largest absolute Gasteiger partial charge is 0.314 e. The first-order valence-corrected chi connectivity index (χ1v) is 6.08. The molecule has 2 saturated carbocycles. The van der Waals surface area contributed by atoms with Gasteiger partial charge in [-0.3, -0.25) is 0 Å². The molecule has 0 aromatic rings. The summed E-state index contributed by atoms with van der Waals surface area (Å²) < 4.78 is 0. The summed E-state index contributed by atoms with van der Waals surface area (Å²) in [7, 11) is 0. The van der Waals surface area contributed by atoms with Crippen LogP contribution in [-0.2, 0) is 0 Å². The maximum Gasteiger partial charge on any atom is 0.0126 e. The highest BCUT2D eigenvalue weighted by molar-refractivity contribution is 4.99. The average molecular weight is 181 g/mol.